The lowest BCUT2D eigenvalue weighted by Gasteiger charge is -2.37. The van der Waals surface area contributed by atoms with Crippen LogP contribution in [0.5, 0.6) is 5.88 Å². The minimum absolute atomic E-state index is 0.000307. The number of benzene rings is 1. The van der Waals surface area contributed by atoms with Gasteiger partial charge in [-0.1, -0.05) is 30.3 Å². The number of nitrogens with zero attached hydrogens (tertiary/aromatic N) is 2. The number of piperidine rings is 1. The highest BCUT2D eigenvalue weighted by Crippen LogP contribution is 2.28. The van der Waals surface area contributed by atoms with E-state index in [1.165, 1.54) is 12.7 Å². The van der Waals surface area contributed by atoms with E-state index in [9.17, 15) is 5.11 Å². The highest BCUT2D eigenvalue weighted by Gasteiger charge is 2.29. The second kappa shape index (κ2) is 7.81. The van der Waals surface area contributed by atoms with Gasteiger partial charge >= 0.3 is 0 Å². The maximum atomic E-state index is 10.5. The zero-order valence-corrected chi connectivity index (χ0v) is 14.4. The van der Waals surface area contributed by atoms with Crippen molar-refractivity contribution in [1.29, 1.82) is 0 Å². The normalized spacial score (nSPS) is 19.1. The number of hydrogen-bond acceptors (Lipinski definition) is 5. The standard InChI is InChI=1S/C19H26N2O3/c1-14(19(22)17-13-18(23-2)20-24-17)21-10-8-16(9-11-21)12-15-6-4-3-5-7-15/h3-7,13-14,16,19,22H,8-12H2,1-2H3. The van der Waals surface area contributed by atoms with E-state index in [-0.39, 0.29) is 6.04 Å². The smallest absolute Gasteiger partial charge is 0.254 e. The topological polar surface area (TPSA) is 58.7 Å². The first kappa shape index (κ1) is 17.0. The summed E-state index contributed by atoms with van der Waals surface area (Å²) in [7, 11) is 1.54. The summed E-state index contributed by atoms with van der Waals surface area (Å²) in [4.78, 5) is 2.33. The second-order valence-corrected chi connectivity index (χ2v) is 6.63. The van der Waals surface area contributed by atoms with Crippen LogP contribution in [0, 0.1) is 5.92 Å². The Balaban J connectivity index is 1.52. The van der Waals surface area contributed by atoms with E-state index in [2.05, 4.69) is 40.4 Å². The molecule has 1 aromatic carbocycles. The quantitative estimate of drug-likeness (QED) is 0.882. The number of rotatable bonds is 6. The summed E-state index contributed by atoms with van der Waals surface area (Å²) in [5.41, 5.74) is 1.41. The van der Waals surface area contributed by atoms with Crippen LogP contribution < -0.4 is 4.74 Å². The Kier molecular flexibility index (Phi) is 5.53. The van der Waals surface area contributed by atoms with E-state index in [4.69, 9.17) is 9.26 Å². The molecule has 0 saturated carbocycles. The molecule has 3 rings (SSSR count). The van der Waals surface area contributed by atoms with Crippen LogP contribution in [0.3, 0.4) is 0 Å². The van der Waals surface area contributed by atoms with Gasteiger partial charge in [0.2, 0.25) is 0 Å². The Hall–Kier alpha value is -1.85. The molecule has 1 saturated heterocycles. The van der Waals surface area contributed by atoms with E-state index >= 15 is 0 Å². The Bertz CT molecular complexity index is 621. The molecule has 2 unspecified atom stereocenters. The molecule has 0 amide bonds. The minimum atomic E-state index is -0.688. The average molecular weight is 330 g/mol. The molecule has 1 aromatic heterocycles. The van der Waals surface area contributed by atoms with Gasteiger partial charge in [-0.3, -0.25) is 4.90 Å². The summed E-state index contributed by atoms with van der Waals surface area (Å²) >= 11 is 0. The Labute approximate surface area is 143 Å². The summed E-state index contributed by atoms with van der Waals surface area (Å²) < 4.78 is 10.2. The third-order valence-electron chi connectivity index (χ3n) is 5.06. The Morgan fingerprint density at radius 1 is 1.29 bits per heavy atom. The monoisotopic (exact) mass is 330 g/mol. The minimum Gasteiger partial charge on any atom is -0.479 e. The van der Waals surface area contributed by atoms with Crippen molar-refractivity contribution in [2.45, 2.75) is 38.3 Å². The maximum Gasteiger partial charge on any atom is 0.254 e. The highest BCUT2D eigenvalue weighted by atomic mass is 16.5. The van der Waals surface area contributed by atoms with Gasteiger partial charge in [-0.25, -0.2) is 0 Å². The first-order chi connectivity index (χ1) is 11.7. The molecule has 24 heavy (non-hydrogen) atoms. The number of methoxy groups -OCH3 is 1. The summed E-state index contributed by atoms with van der Waals surface area (Å²) in [5.74, 6) is 1.59. The molecule has 0 radical (unpaired) electrons. The van der Waals surface area contributed by atoms with Crippen LogP contribution in [0.1, 0.15) is 37.2 Å². The average Bonchev–Trinajstić information content (AvgIpc) is 3.11. The van der Waals surface area contributed by atoms with Crippen LogP contribution in [0.2, 0.25) is 0 Å². The van der Waals surface area contributed by atoms with Crippen molar-refractivity contribution < 1.29 is 14.4 Å². The Morgan fingerprint density at radius 2 is 2.00 bits per heavy atom. The van der Waals surface area contributed by atoms with E-state index < -0.39 is 6.10 Å². The zero-order valence-electron chi connectivity index (χ0n) is 14.4. The van der Waals surface area contributed by atoms with Gasteiger partial charge in [-0.05, 0) is 55.9 Å². The second-order valence-electron chi connectivity index (χ2n) is 6.63. The SMILES string of the molecule is COc1cc(C(O)C(C)N2CCC(Cc3ccccc3)CC2)on1. The fraction of sp³-hybridized carbons (Fsp3) is 0.526. The van der Waals surface area contributed by atoms with Crippen molar-refractivity contribution in [3.63, 3.8) is 0 Å². The summed E-state index contributed by atoms with van der Waals surface area (Å²) in [6.07, 6.45) is 2.77. The predicted octanol–water partition coefficient (Wildman–Crippen LogP) is 3.06. The first-order valence-corrected chi connectivity index (χ1v) is 8.64. The van der Waals surface area contributed by atoms with Gasteiger partial charge in [0.15, 0.2) is 5.76 Å². The number of aromatic nitrogens is 1. The zero-order chi connectivity index (χ0) is 16.9. The number of aliphatic hydroxyl groups excluding tert-OH is 1. The van der Waals surface area contributed by atoms with Gasteiger partial charge in [-0.15, -0.1) is 0 Å². The molecule has 0 spiro atoms. The first-order valence-electron chi connectivity index (χ1n) is 8.64. The van der Waals surface area contributed by atoms with Gasteiger partial charge in [0.05, 0.1) is 7.11 Å². The van der Waals surface area contributed by atoms with Crippen molar-refractivity contribution in [1.82, 2.24) is 10.1 Å². The number of hydrogen-bond donors (Lipinski definition) is 1. The largest absolute Gasteiger partial charge is 0.479 e. The number of ether oxygens (including phenoxy) is 1. The van der Waals surface area contributed by atoms with Gasteiger partial charge in [-0.2, -0.15) is 0 Å². The third kappa shape index (κ3) is 3.97. The molecule has 5 nitrogen and oxygen atoms in total. The number of likely N-dealkylation sites (tertiary alicyclic amines) is 1. The molecule has 1 N–H and O–H groups in total. The lowest BCUT2D eigenvalue weighted by atomic mass is 9.89. The maximum absolute atomic E-state index is 10.5. The van der Waals surface area contributed by atoms with Crippen LogP contribution in [-0.4, -0.2) is 41.4 Å². The molecule has 2 heterocycles. The highest BCUT2D eigenvalue weighted by molar-refractivity contribution is 5.16. The molecular formula is C19H26N2O3. The van der Waals surface area contributed by atoms with Gasteiger partial charge in [0.1, 0.15) is 6.10 Å². The van der Waals surface area contributed by atoms with Crippen LogP contribution in [0.15, 0.2) is 40.9 Å². The van der Waals surface area contributed by atoms with Crippen molar-refractivity contribution >= 4 is 0 Å². The molecule has 130 valence electrons. The van der Waals surface area contributed by atoms with E-state index in [1.54, 1.807) is 6.07 Å². The van der Waals surface area contributed by atoms with E-state index in [0.29, 0.717) is 11.6 Å². The van der Waals surface area contributed by atoms with E-state index in [0.717, 1.165) is 38.3 Å². The summed E-state index contributed by atoms with van der Waals surface area (Å²) in [5, 5.41) is 14.3. The number of aliphatic hydroxyl groups is 1. The molecule has 1 fully saturated rings. The molecule has 1 aliphatic heterocycles. The molecule has 1 aliphatic rings. The summed E-state index contributed by atoms with van der Waals surface area (Å²) in [6, 6.07) is 12.3. The molecule has 0 aliphatic carbocycles. The van der Waals surface area contributed by atoms with Crippen LogP contribution in [0.4, 0.5) is 0 Å². The van der Waals surface area contributed by atoms with E-state index in [1.807, 2.05) is 6.92 Å². The summed E-state index contributed by atoms with van der Waals surface area (Å²) in [6.45, 7) is 4.04. The molecule has 2 atom stereocenters. The van der Waals surface area contributed by atoms with Crippen molar-refractivity contribution in [3.8, 4) is 5.88 Å². The van der Waals surface area contributed by atoms with Crippen molar-refractivity contribution in [3.05, 3.63) is 47.7 Å². The van der Waals surface area contributed by atoms with Gasteiger partial charge < -0.3 is 14.4 Å². The lowest BCUT2D eigenvalue weighted by molar-refractivity contribution is 0.0223. The van der Waals surface area contributed by atoms with Gasteiger partial charge in [0.25, 0.3) is 5.88 Å². The fourth-order valence-electron chi connectivity index (χ4n) is 3.46. The van der Waals surface area contributed by atoms with Gasteiger partial charge in [0, 0.05) is 12.1 Å². The van der Waals surface area contributed by atoms with Crippen LogP contribution in [0.25, 0.3) is 0 Å². The van der Waals surface area contributed by atoms with Crippen molar-refractivity contribution in [2.75, 3.05) is 20.2 Å². The molecule has 0 bridgehead atoms. The Morgan fingerprint density at radius 3 is 2.62 bits per heavy atom. The predicted molar refractivity (Wildman–Crippen MR) is 91.9 cm³/mol. The fourth-order valence-corrected chi connectivity index (χ4v) is 3.46. The van der Waals surface area contributed by atoms with Crippen molar-refractivity contribution in [2.24, 2.45) is 5.92 Å². The van der Waals surface area contributed by atoms with Crippen LogP contribution in [-0.2, 0) is 6.42 Å². The lowest BCUT2D eigenvalue weighted by Crippen LogP contribution is -2.43. The third-order valence-corrected chi connectivity index (χ3v) is 5.06. The molecular weight excluding hydrogens is 304 g/mol. The molecule has 5 heteroatoms. The molecule has 2 aromatic rings. The van der Waals surface area contributed by atoms with Crippen LogP contribution >= 0.6 is 0 Å².